The quantitative estimate of drug-likeness (QED) is 0.793. The molecule has 15 heavy (non-hydrogen) atoms. The van der Waals surface area contributed by atoms with E-state index < -0.39 is 0 Å². The highest BCUT2D eigenvalue weighted by molar-refractivity contribution is 6.40. The van der Waals surface area contributed by atoms with E-state index in [0.29, 0.717) is 0 Å². The van der Waals surface area contributed by atoms with Gasteiger partial charge in [-0.1, -0.05) is 20.8 Å². The second kappa shape index (κ2) is 37.0. The van der Waals surface area contributed by atoms with Crippen LogP contribution in [0.4, 0.5) is 0 Å². The molecule has 0 aromatic rings. The van der Waals surface area contributed by atoms with Crippen LogP contribution in [0.25, 0.3) is 0 Å². The second-order valence-electron chi connectivity index (χ2n) is 1.94. The minimum atomic E-state index is 0.194. The third-order valence-corrected chi connectivity index (χ3v) is 1.34. The standard InChI is InChI=1S/C6H15N.C2H3N.CH2Cl2.CH4O/c1-4-7(5-2)6-3;1-2-3;2-1-3;1-2/h4-6H2,1-3H3;1H3;1H2;2H,1H3. The van der Waals surface area contributed by atoms with Crippen molar-refractivity contribution in [2.75, 3.05) is 32.1 Å². The highest BCUT2D eigenvalue weighted by atomic mass is 35.5. The van der Waals surface area contributed by atoms with Crippen molar-refractivity contribution < 1.29 is 5.11 Å². The summed E-state index contributed by atoms with van der Waals surface area (Å²) in [4.78, 5) is 2.38. The fourth-order valence-corrected chi connectivity index (χ4v) is 0.671. The number of hydrogen-bond acceptors (Lipinski definition) is 3. The zero-order valence-corrected chi connectivity index (χ0v) is 11.9. The number of hydrogen-bond donors (Lipinski definition) is 1. The Hall–Kier alpha value is -0.0100. The van der Waals surface area contributed by atoms with Gasteiger partial charge in [0.25, 0.3) is 0 Å². The number of aliphatic hydroxyl groups is 1. The van der Waals surface area contributed by atoms with Crippen molar-refractivity contribution in [3.05, 3.63) is 0 Å². The molecule has 0 aliphatic carbocycles. The number of nitriles is 1. The zero-order valence-electron chi connectivity index (χ0n) is 10.4. The Bertz CT molecular complexity index is 98.6. The summed E-state index contributed by atoms with van der Waals surface area (Å²) in [6, 6.07) is 1.75. The molecule has 94 valence electrons. The van der Waals surface area contributed by atoms with Crippen molar-refractivity contribution in [2.45, 2.75) is 27.7 Å². The largest absolute Gasteiger partial charge is 0.400 e. The normalized spacial score (nSPS) is 6.93. The lowest BCUT2D eigenvalue weighted by atomic mass is 10.5. The van der Waals surface area contributed by atoms with Gasteiger partial charge in [-0.15, -0.1) is 23.2 Å². The van der Waals surface area contributed by atoms with E-state index in [0.717, 1.165) is 7.11 Å². The van der Waals surface area contributed by atoms with E-state index in [1.165, 1.54) is 26.6 Å². The zero-order chi connectivity index (χ0) is 13.1. The van der Waals surface area contributed by atoms with Crippen molar-refractivity contribution in [1.29, 1.82) is 5.26 Å². The van der Waals surface area contributed by atoms with E-state index in [4.69, 9.17) is 33.6 Å². The second-order valence-corrected chi connectivity index (χ2v) is 2.75. The average molecular weight is 259 g/mol. The van der Waals surface area contributed by atoms with Gasteiger partial charge in [0.2, 0.25) is 0 Å². The Kier molecular flexibility index (Phi) is 59.9. The van der Waals surface area contributed by atoms with Gasteiger partial charge in [-0.05, 0) is 19.6 Å². The van der Waals surface area contributed by atoms with Gasteiger partial charge >= 0.3 is 0 Å². The highest BCUT2D eigenvalue weighted by Gasteiger charge is 1.89. The molecule has 1 N–H and O–H groups in total. The molecule has 3 nitrogen and oxygen atoms in total. The minimum Gasteiger partial charge on any atom is -0.400 e. The average Bonchev–Trinajstić information content (AvgIpc) is 2.26. The summed E-state index contributed by atoms with van der Waals surface area (Å²) in [6.45, 7) is 11.6. The molecule has 0 radical (unpaired) electrons. The predicted molar refractivity (Wildman–Crippen MR) is 69.5 cm³/mol. The molecule has 0 fully saturated rings. The Labute approximate surface area is 105 Å². The van der Waals surface area contributed by atoms with Gasteiger partial charge in [0.05, 0.1) is 11.4 Å². The monoisotopic (exact) mass is 258 g/mol. The predicted octanol–water partition coefficient (Wildman–Crippen LogP) is 2.91. The summed E-state index contributed by atoms with van der Waals surface area (Å²) in [5.74, 6) is 0. The fourth-order valence-electron chi connectivity index (χ4n) is 0.671. The molecular weight excluding hydrogens is 235 g/mol. The topological polar surface area (TPSA) is 47.3 Å². The lowest BCUT2D eigenvalue weighted by Crippen LogP contribution is -2.21. The number of nitrogens with zero attached hydrogens (tertiary/aromatic N) is 2. The smallest absolute Gasteiger partial charge is 0.0967 e. The molecule has 0 bridgehead atoms. The van der Waals surface area contributed by atoms with Crippen molar-refractivity contribution in [1.82, 2.24) is 4.90 Å². The van der Waals surface area contributed by atoms with Crippen LogP contribution < -0.4 is 0 Å². The van der Waals surface area contributed by atoms with Crippen molar-refractivity contribution in [3.63, 3.8) is 0 Å². The molecule has 0 aliphatic heterocycles. The molecule has 0 saturated heterocycles. The van der Waals surface area contributed by atoms with Crippen molar-refractivity contribution >= 4 is 23.2 Å². The molecule has 0 aliphatic rings. The first-order valence-corrected chi connectivity index (χ1v) is 5.84. The van der Waals surface area contributed by atoms with E-state index >= 15 is 0 Å². The van der Waals surface area contributed by atoms with Gasteiger partial charge in [0.1, 0.15) is 0 Å². The Balaban J connectivity index is -0.0000000638. The van der Waals surface area contributed by atoms with E-state index in [1.54, 1.807) is 6.07 Å². The molecule has 0 saturated carbocycles. The van der Waals surface area contributed by atoms with Crippen LogP contribution in [0.1, 0.15) is 27.7 Å². The van der Waals surface area contributed by atoms with E-state index in [2.05, 4.69) is 25.7 Å². The summed E-state index contributed by atoms with van der Waals surface area (Å²) in [5, 5.41) is 14.5. The molecule has 0 rings (SSSR count). The molecule has 0 unspecified atom stereocenters. The molecular formula is C10H24Cl2N2O. The van der Waals surface area contributed by atoms with Crippen LogP contribution in [0.15, 0.2) is 0 Å². The van der Waals surface area contributed by atoms with E-state index in [1.807, 2.05) is 0 Å². The minimum absolute atomic E-state index is 0.194. The number of halogens is 2. The molecule has 0 aromatic carbocycles. The van der Waals surface area contributed by atoms with Gasteiger partial charge in [0.15, 0.2) is 0 Å². The van der Waals surface area contributed by atoms with Crippen LogP contribution in [-0.4, -0.2) is 42.1 Å². The van der Waals surface area contributed by atoms with Gasteiger partial charge in [-0.3, -0.25) is 0 Å². The van der Waals surface area contributed by atoms with Gasteiger partial charge in [-0.2, -0.15) is 5.26 Å². The Morgan fingerprint density at radius 2 is 1.20 bits per heavy atom. The lowest BCUT2D eigenvalue weighted by Gasteiger charge is -2.13. The molecule has 0 atom stereocenters. The third kappa shape index (κ3) is 56.1. The van der Waals surface area contributed by atoms with Crippen LogP contribution in [0.2, 0.25) is 0 Å². The molecule has 0 spiro atoms. The van der Waals surface area contributed by atoms with Gasteiger partial charge < -0.3 is 10.0 Å². The first-order chi connectivity index (χ1) is 7.17. The van der Waals surface area contributed by atoms with Crippen molar-refractivity contribution in [3.8, 4) is 6.07 Å². The molecule has 5 heteroatoms. The van der Waals surface area contributed by atoms with Crippen molar-refractivity contribution in [2.24, 2.45) is 0 Å². The maximum atomic E-state index is 7.32. The maximum Gasteiger partial charge on any atom is 0.0967 e. The maximum absolute atomic E-state index is 7.32. The summed E-state index contributed by atoms with van der Waals surface area (Å²) in [7, 11) is 1.00. The van der Waals surface area contributed by atoms with Gasteiger partial charge in [-0.25, -0.2) is 0 Å². The summed E-state index contributed by atoms with van der Waals surface area (Å²) >= 11 is 9.53. The summed E-state index contributed by atoms with van der Waals surface area (Å²) in [5.41, 5.74) is 0. The number of alkyl halides is 2. The number of aliphatic hydroxyl groups excluding tert-OH is 1. The molecule has 0 aromatic heterocycles. The highest BCUT2D eigenvalue weighted by Crippen LogP contribution is 1.81. The van der Waals surface area contributed by atoms with Crippen LogP contribution in [-0.2, 0) is 0 Å². The SMILES string of the molecule is CC#N.CCN(CC)CC.CO.ClCCl. The van der Waals surface area contributed by atoms with E-state index in [9.17, 15) is 0 Å². The molecule has 0 amide bonds. The Morgan fingerprint density at radius 3 is 1.20 bits per heavy atom. The van der Waals surface area contributed by atoms with Gasteiger partial charge in [0, 0.05) is 14.0 Å². The van der Waals surface area contributed by atoms with Crippen LogP contribution in [0.5, 0.6) is 0 Å². The first kappa shape index (κ1) is 24.3. The number of rotatable bonds is 3. The summed E-state index contributed by atoms with van der Waals surface area (Å²) < 4.78 is 0. The Morgan fingerprint density at radius 1 is 1.07 bits per heavy atom. The van der Waals surface area contributed by atoms with Crippen LogP contribution in [0.3, 0.4) is 0 Å². The lowest BCUT2D eigenvalue weighted by molar-refractivity contribution is 0.321. The third-order valence-electron chi connectivity index (χ3n) is 1.34. The first-order valence-electron chi connectivity index (χ1n) is 4.78. The van der Waals surface area contributed by atoms with Crippen LogP contribution >= 0.6 is 23.2 Å². The van der Waals surface area contributed by atoms with E-state index in [-0.39, 0.29) is 5.34 Å². The summed E-state index contributed by atoms with van der Waals surface area (Å²) in [6.07, 6.45) is 0. The molecule has 0 heterocycles. The fraction of sp³-hybridized carbons (Fsp3) is 0.900. The van der Waals surface area contributed by atoms with Crippen LogP contribution in [0, 0.1) is 11.3 Å².